The summed E-state index contributed by atoms with van der Waals surface area (Å²) in [7, 11) is 0. The Bertz CT molecular complexity index is 1070. The molecule has 1 N–H and O–H groups in total. The molecule has 8 heteroatoms. The van der Waals surface area contributed by atoms with Crippen molar-refractivity contribution in [3.63, 3.8) is 0 Å². The van der Waals surface area contributed by atoms with Crippen LogP contribution in [0.15, 0.2) is 54.7 Å². The number of benzene rings is 2. The summed E-state index contributed by atoms with van der Waals surface area (Å²) < 4.78 is 44.3. The van der Waals surface area contributed by atoms with E-state index in [2.05, 4.69) is 15.3 Å². The van der Waals surface area contributed by atoms with Crippen LogP contribution in [0.1, 0.15) is 46.9 Å². The zero-order valence-electron chi connectivity index (χ0n) is 17.3. The van der Waals surface area contributed by atoms with Crippen LogP contribution in [0.25, 0.3) is 11.4 Å². The van der Waals surface area contributed by atoms with E-state index in [4.69, 9.17) is 4.74 Å². The number of anilines is 1. The Morgan fingerprint density at radius 2 is 1.87 bits per heavy atom. The van der Waals surface area contributed by atoms with Gasteiger partial charge in [0, 0.05) is 17.8 Å². The number of carbonyl (C=O) groups excluding carboxylic acids is 1. The summed E-state index contributed by atoms with van der Waals surface area (Å²) in [4.78, 5) is 20.8. The third-order valence-electron chi connectivity index (χ3n) is 4.66. The minimum Gasteiger partial charge on any atom is -0.462 e. The number of nitrogens with one attached hydrogen (secondary N) is 1. The van der Waals surface area contributed by atoms with Gasteiger partial charge < -0.3 is 10.1 Å². The van der Waals surface area contributed by atoms with E-state index >= 15 is 0 Å². The molecule has 2 aromatic carbocycles. The summed E-state index contributed by atoms with van der Waals surface area (Å²) in [6.45, 7) is 5.72. The molecule has 1 atom stereocenters. The van der Waals surface area contributed by atoms with E-state index in [1.807, 2.05) is 38.1 Å². The maximum atomic E-state index is 13.1. The van der Waals surface area contributed by atoms with E-state index < -0.39 is 17.7 Å². The molecule has 0 spiro atoms. The van der Waals surface area contributed by atoms with Gasteiger partial charge in [-0.3, -0.25) is 0 Å². The third kappa shape index (κ3) is 5.39. The van der Waals surface area contributed by atoms with Crippen molar-refractivity contribution in [2.24, 2.45) is 0 Å². The van der Waals surface area contributed by atoms with Crippen molar-refractivity contribution in [1.82, 2.24) is 9.97 Å². The number of hydrogen-bond donors (Lipinski definition) is 1. The molecule has 162 valence electrons. The predicted molar refractivity (Wildman–Crippen MR) is 112 cm³/mol. The molecule has 0 bridgehead atoms. The molecule has 0 aliphatic heterocycles. The number of aromatic nitrogens is 2. The minimum atomic E-state index is -4.48. The van der Waals surface area contributed by atoms with Crippen molar-refractivity contribution < 1.29 is 22.7 Å². The fourth-order valence-electron chi connectivity index (χ4n) is 2.97. The Labute approximate surface area is 178 Å². The van der Waals surface area contributed by atoms with E-state index in [0.717, 1.165) is 23.3 Å². The summed E-state index contributed by atoms with van der Waals surface area (Å²) in [5.74, 6) is -0.358. The second-order valence-electron chi connectivity index (χ2n) is 7.03. The van der Waals surface area contributed by atoms with Crippen LogP contribution < -0.4 is 5.32 Å². The Kier molecular flexibility index (Phi) is 6.58. The van der Waals surface area contributed by atoms with Gasteiger partial charge in [0.05, 0.1) is 12.2 Å². The lowest BCUT2D eigenvalue weighted by molar-refractivity contribution is -0.137. The third-order valence-corrected chi connectivity index (χ3v) is 4.66. The largest absolute Gasteiger partial charge is 0.462 e. The molecule has 5 nitrogen and oxygen atoms in total. The van der Waals surface area contributed by atoms with Gasteiger partial charge in [0.1, 0.15) is 11.4 Å². The quantitative estimate of drug-likeness (QED) is 0.500. The smallest absolute Gasteiger partial charge is 0.416 e. The van der Waals surface area contributed by atoms with Crippen molar-refractivity contribution in [3.8, 4) is 11.4 Å². The number of rotatable bonds is 6. The van der Waals surface area contributed by atoms with Crippen molar-refractivity contribution >= 4 is 11.8 Å². The van der Waals surface area contributed by atoms with E-state index in [-0.39, 0.29) is 35.4 Å². The topological polar surface area (TPSA) is 64.1 Å². The zero-order chi connectivity index (χ0) is 22.6. The van der Waals surface area contributed by atoms with Crippen molar-refractivity contribution in [3.05, 3.63) is 77.0 Å². The van der Waals surface area contributed by atoms with Gasteiger partial charge in [0.2, 0.25) is 0 Å². The molecular weight excluding hydrogens is 407 g/mol. The normalized spacial score (nSPS) is 12.3. The van der Waals surface area contributed by atoms with Crippen LogP contribution in [0.3, 0.4) is 0 Å². The summed E-state index contributed by atoms with van der Waals surface area (Å²) in [5.41, 5.74) is 1.56. The molecule has 0 fully saturated rings. The minimum absolute atomic E-state index is 0.0674. The second kappa shape index (κ2) is 9.16. The van der Waals surface area contributed by atoms with Crippen LogP contribution in [-0.4, -0.2) is 22.5 Å². The number of esters is 1. The summed E-state index contributed by atoms with van der Waals surface area (Å²) in [6.07, 6.45) is -3.22. The van der Waals surface area contributed by atoms with Gasteiger partial charge in [-0.2, -0.15) is 13.2 Å². The maximum absolute atomic E-state index is 13.1. The molecule has 0 aliphatic rings. The Hall–Kier alpha value is -3.42. The van der Waals surface area contributed by atoms with Gasteiger partial charge in [-0.15, -0.1) is 0 Å². The number of alkyl halides is 3. The lowest BCUT2D eigenvalue weighted by Gasteiger charge is -2.18. The Morgan fingerprint density at radius 3 is 2.52 bits per heavy atom. The number of aryl methyl sites for hydroxylation is 1. The molecule has 0 amide bonds. The second-order valence-corrected chi connectivity index (χ2v) is 7.03. The molecule has 3 rings (SSSR count). The Morgan fingerprint density at radius 1 is 1.16 bits per heavy atom. The molecular formula is C23H22F3N3O2. The van der Waals surface area contributed by atoms with Gasteiger partial charge in [-0.05, 0) is 38.5 Å². The fraction of sp³-hybridized carbons (Fsp3) is 0.261. The molecule has 1 heterocycles. The molecule has 3 aromatic rings. The van der Waals surface area contributed by atoms with Gasteiger partial charge in [0.25, 0.3) is 0 Å². The highest BCUT2D eigenvalue weighted by Gasteiger charge is 2.30. The lowest BCUT2D eigenvalue weighted by Crippen LogP contribution is -2.15. The summed E-state index contributed by atoms with van der Waals surface area (Å²) in [5, 5.41) is 3.17. The average molecular weight is 429 g/mol. The maximum Gasteiger partial charge on any atom is 0.416 e. The SMILES string of the molecule is CCOC(=O)c1cnc(-c2cccc(C(F)(F)F)c2)nc1N[C@H](C)c1ccc(C)cc1. The summed E-state index contributed by atoms with van der Waals surface area (Å²) >= 11 is 0. The van der Waals surface area contributed by atoms with E-state index in [1.54, 1.807) is 6.92 Å². The van der Waals surface area contributed by atoms with Gasteiger partial charge in [0.15, 0.2) is 5.82 Å². The lowest BCUT2D eigenvalue weighted by atomic mass is 10.1. The van der Waals surface area contributed by atoms with Crippen LogP contribution in [0.2, 0.25) is 0 Å². The molecule has 0 radical (unpaired) electrons. The van der Waals surface area contributed by atoms with Crippen LogP contribution in [0.4, 0.5) is 19.0 Å². The Balaban J connectivity index is 2.00. The molecule has 31 heavy (non-hydrogen) atoms. The number of halogens is 3. The van der Waals surface area contributed by atoms with Crippen LogP contribution in [0, 0.1) is 6.92 Å². The predicted octanol–water partition coefficient (Wildman–Crippen LogP) is 5.82. The molecule has 0 aliphatic carbocycles. The monoisotopic (exact) mass is 429 g/mol. The van der Waals surface area contributed by atoms with Crippen molar-refractivity contribution in [2.75, 3.05) is 11.9 Å². The molecule has 0 saturated carbocycles. The van der Waals surface area contributed by atoms with Gasteiger partial charge >= 0.3 is 12.1 Å². The van der Waals surface area contributed by atoms with Gasteiger partial charge in [-0.25, -0.2) is 14.8 Å². The first-order chi connectivity index (χ1) is 14.7. The summed E-state index contributed by atoms with van der Waals surface area (Å²) in [6, 6.07) is 12.4. The van der Waals surface area contributed by atoms with Gasteiger partial charge in [-0.1, -0.05) is 42.0 Å². The number of ether oxygens (including phenoxy) is 1. The highest BCUT2D eigenvalue weighted by atomic mass is 19.4. The standard InChI is InChI=1S/C23H22F3N3O2/c1-4-31-22(30)19-13-27-20(17-6-5-7-18(12-17)23(24,25)26)29-21(19)28-15(3)16-10-8-14(2)9-11-16/h5-13,15H,4H2,1-3H3,(H,27,28,29)/t15-/m1/s1. The molecule has 1 aromatic heterocycles. The van der Waals surface area contributed by atoms with Crippen LogP contribution in [-0.2, 0) is 10.9 Å². The van der Waals surface area contributed by atoms with Crippen LogP contribution in [0.5, 0.6) is 0 Å². The number of carbonyl (C=O) groups is 1. The van der Waals surface area contributed by atoms with E-state index in [0.29, 0.717) is 0 Å². The first kappa shape index (κ1) is 22.3. The van der Waals surface area contributed by atoms with E-state index in [9.17, 15) is 18.0 Å². The first-order valence-corrected chi connectivity index (χ1v) is 9.74. The number of nitrogens with zero attached hydrogens (tertiary/aromatic N) is 2. The zero-order valence-corrected chi connectivity index (χ0v) is 17.3. The van der Waals surface area contributed by atoms with E-state index in [1.165, 1.54) is 18.3 Å². The first-order valence-electron chi connectivity index (χ1n) is 9.74. The number of hydrogen-bond acceptors (Lipinski definition) is 5. The van der Waals surface area contributed by atoms with Crippen molar-refractivity contribution in [2.45, 2.75) is 33.0 Å². The van der Waals surface area contributed by atoms with Crippen LogP contribution >= 0.6 is 0 Å². The highest BCUT2D eigenvalue weighted by molar-refractivity contribution is 5.94. The molecule has 0 unspecified atom stereocenters. The highest BCUT2D eigenvalue weighted by Crippen LogP contribution is 2.32. The fourth-order valence-corrected chi connectivity index (χ4v) is 2.97. The van der Waals surface area contributed by atoms with Crippen molar-refractivity contribution in [1.29, 1.82) is 0 Å². The average Bonchev–Trinajstić information content (AvgIpc) is 2.74. The molecule has 0 saturated heterocycles.